The fraction of sp³-hybridized carbons (Fsp3) is 0.263. The van der Waals surface area contributed by atoms with Gasteiger partial charge in [0.2, 0.25) is 5.91 Å². The van der Waals surface area contributed by atoms with Crippen LogP contribution >= 0.6 is 23.2 Å². The highest BCUT2D eigenvalue weighted by atomic mass is 35.5. The third-order valence-electron chi connectivity index (χ3n) is 4.51. The molecule has 1 aromatic heterocycles. The van der Waals surface area contributed by atoms with Gasteiger partial charge >= 0.3 is 0 Å². The number of aromatic nitrogens is 1. The molecule has 0 radical (unpaired) electrons. The SMILES string of the molecule is Cc1cc([N+](=O)[O-])cnc1N1CCN(C(=O)/C=C/c2ccc(Cl)cc2Cl)CC1. The van der Waals surface area contributed by atoms with Crippen LogP contribution in [0.5, 0.6) is 0 Å². The van der Waals surface area contributed by atoms with Gasteiger partial charge in [-0.15, -0.1) is 0 Å². The van der Waals surface area contributed by atoms with E-state index in [0.717, 1.165) is 11.1 Å². The molecule has 2 heterocycles. The second kappa shape index (κ2) is 8.58. The lowest BCUT2D eigenvalue weighted by Gasteiger charge is -2.35. The Bertz CT molecular complexity index is 941. The quantitative estimate of drug-likeness (QED) is 0.424. The number of anilines is 1. The van der Waals surface area contributed by atoms with E-state index in [4.69, 9.17) is 23.2 Å². The van der Waals surface area contributed by atoms with Gasteiger partial charge in [-0.3, -0.25) is 14.9 Å². The van der Waals surface area contributed by atoms with E-state index in [0.29, 0.717) is 42.0 Å². The van der Waals surface area contributed by atoms with E-state index in [-0.39, 0.29) is 11.6 Å². The van der Waals surface area contributed by atoms with Crippen LogP contribution < -0.4 is 4.90 Å². The van der Waals surface area contributed by atoms with Crippen molar-refractivity contribution in [2.45, 2.75) is 6.92 Å². The fourth-order valence-electron chi connectivity index (χ4n) is 3.03. The van der Waals surface area contributed by atoms with Crippen molar-refractivity contribution >= 4 is 46.7 Å². The number of pyridine rings is 1. The summed E-state index contributed by atoms with van der Waals surface area (Å²) in [4.78, 5) is 30.8. The number of nitrogens with zero attached hydrogens (tertiary/aromatic N) is 4. The number of amides is 1. The summed E-state index contributed by atoms with van der Waals surface area (Å²) >= 11 is 12.0. The predicted octanol–water partition coefficient (Wildman–Crippen LogP) is 3.97. The molecule has 9 heteroatoms. The van der Waals surface area contributed by atoms with E-state index in [1.807, 2.05) is 4.90 Å². The molecule has 1 amide bonds. The zero-order valence-corrected chi connectivity index (χ0v) is 16.7. The number of benzene rings is 1. The normalized spacial score (nSPS) is 14.5. The van der Waals surface area contributed by atoms with Crippen molar-refractivity contribution in [3.63, 3.8) is 0 Å². The summed E-state index contributed by atoms with van der Waals surface area (Å²) in [6.45, 7) is 4.08. The predicted molar refractivity (Wildman–Crippen MR) is 110 cm³/mol. The van der Waals surface area contributed by atoms with Gasteiger partial charge in [0, 0.05) is 48.4 Å². The summed E-state index contributed by atoms with van der Waals surface area (Å²) in [7, 11) is 0. The molecule has 7 nitrogen and oxygen atoms in total. The van der Waals surface area contributed by atoms with Crippen LogP contribution in [-0.2, 0) is 4.79 Å². The molecule has 0 bridgehead atoms. The molecule has 0 N–H and O–H groups in total. The summed E-state index contributed by atoms with van der Waals surface area (Å²) in [6.07, 6.45) is 4.44. The summed E-state index contributed by atoms with van der Waals surface area (Å²) in [5.74, 6) is 0.611. The smallest absolute Gasteiger partial charge is 0.287 e. The van der Waals surface area contributed by atoms with E-state index in [1.165, 1.54) is 18.3 Å². The minimum atomic E-state index is -0.459. The molecular weight excluding hydrogens is 403 g/mol. The summed E-state index contributed by atoms with van der Waals surface area (Å²) in [6, 6.07) is 6.62. The Morgan fingerprint density at radius 1 is 1.21 bits per heavy atom. The van der Waals surface area contributed by atoms with Gasteiger partial charge in [0.1, 0.15) is 12.0 Å². The van der Waals surface area contributed by atoms with E-state index < -0.39 is 4.92 Å². The molecule has 1 aromatic carbocycles. The molecule has 0 saturated carbocycles. The maximum atomic E-state index is 12.4. The van der Waals surface area contributed by atoms with Crippen LogP contribution in [0.25, 0.3) is 6.08 Å². The lowest BCUT2D eigenvalue weighted by molar-refractivity contribution is -0.385. The maximum Gasteiger partial charge on any atom is 0.287 e. The van der Waals surface area contributed by atoms with Gasteiger partial charge in [-0.05, 0) is 36.3 Å². The average Bonchev–Trinajstić information content (AvgIpc) is 2.67. The molecule has 146 valence electrons. The second-order valence-corrected chi connectivity index (χ2v) is 7.25. The first-order chi connectivity index (χ1) is 13.3. The van der Waals surface area contributed by atoms with Crippen molar-refractivity contribution in [1.82, 2.24) is 9.88 Å². The monoisotopic (exact) mass is 420 g/mol. The molecule has 1 saturated heterocycles. The Labute approximate surface area is 172 Å². The standard InChI is InChI=1S/C19H18Cl2N4O3/c1-13-10-16(25(27)28)12-22-19(13)24-8-6-23(7-9-24)18(26)5-3-14-2-4-15(20)11-17(14)21/h2-5,10-12H,6-9H2,1H3/b5-3+. The molecule has 1 fully saturated rings. The highest BCUT2D eigenvalue weighted by Gasteiger charge is 2.22. The molecule has 0 atom stereocenters. The number of rotatable bonds is 4. The highest BCUT2D eigenvalue weighted by molar-refractivity contribution is 6.35. The molecule has 1 aliphatic heterocycles. The van der Waals surface area contributed by atoms with Gasteiger partial charge in [-0.1, -0.05) is 29.3 Å². The van der Waals surface area contributed by atoms with Crippen LogP contribution in [-0.4, -0.2) is 46.9 Å². The van der Waals surface area contributed by atoms with Crippen LogP contribution in [0.2, 0.25) is 10.0 Å². The first kappa shape index (κ1) is 20.1. The average molecular weight is 421 g/mol. The minimum Gasteiger partial charge on any atom is -0.353 e. The van der Waals surface area contributed by atoms with Crippen molar-refractivity contribution in [2.24, 2.45) is 0 Å². The molecule has 3 rings (SSSR count). The number of halogens is 2. The van der Waals surface area contributed by atoms with Crippen LogP contribution in [0.3, 0.4) is 0 Å². The number of aryl methyl sites for hydroxylation is 1. The van der Waals surface area contributed by atoms with Gasteiger partial charge in [0.05, 0.1) is 4.92 Å². The highest BCUT2D eigenvalue weighted by Crippen LogP contribution is 2.24. The van der Waals surface area contributed by atoms with Crippen LogP contribution in [0.4, 0.5) is 11.5 Å². The molecule has 1 aliphatic rings. The Kier molecular flexibility index (Phi) is 6.16. The van der Waals surface area contributed by atoms with Crippen molar-refractivity contribution < 1.29 is 9.72 Å². The number of carbonyl (C=O) groups excluding carboxylic acids is 1. The van der Waals surface area contributed by atoms with Crippen LogP contribution in [0.15, 0.2) is 36.5 Å². The van der Waals surface area contributed by atoms with Crippen molar-refractivity contribution in [3.8, 4) is 0 Å². The van der Waals surface area contributed by atoms with Crippen molar-refractivity contribution in [1.29, 1.82) is 0 Å². The zero-order valence-electron chi connectivity index (χ0n) is 15.1. The Morgan fingerprint density at radius 3 is 2.54 bits per heavy atom. The maximum absolute atomic E-state index is 12.4. The van der Waals surface area contributed by atoms with Gasteiger partial charge in [-0.25, -0.2) is 4.98 Å². The zero-order chi connectivity index (χ0) is 20.3. The molecular formula is C19H18Cl2N4O3. The van der Waals surface area contributed by atoms with Crippen LogP contribution in [0.1, 0.15) is 11.1 Å². The Hall–Kier alpha value is -2.64. The number of hydrogen-bond donors (Lipinski definition) is 0. The first-order valence-corrected chi connectivity index (χ1v) is 9.39. The summed E-state index contributed by atoms with van der Waals surface area (Å²) in [5.41, 5.74) is 1.44. The Morgan fingerprint density at radius 2 is 1.93 bits per heavy atom. The minimum absolute atomic E-state index is 0.0268. The lowest BCUT2D eigenvalue weighted by Crippen LogP contribution is -2.48. The van der Waals surface area contributed by atoms with E-state index >= 15 is 0 Å². The van der Waals surface area contributed by atoms with Gasteiger partial charge in [0.15, 0.2) is 0 Å². The fourth-order valence-corrected chi connectivity index (χ4v) is 3.50. The molecule has 0 unspecified atom stereocenters. The van der Waals surface area contributed by atoms with Gasteiger partial charge in [-0.2, -0.15) is 0 Å². The first-order valence-electron chi connectivity index (χ1n) is 8.63. The number of piperazine rings is 1. The number of hydrogen-bond acceptors (Lipinski definition) is 5. The van der Waals surface area contributed by atoms with E-state index in [9.17, 15) is 14.9 Å². The molecule has 2 aromatic rings. The van der Waals surface area contributed by atoms with E-state index in [2.05, 4.69) is 4.98 Å². The summed E-state index contributed by atoms with van der Waals surface area (Å²) < 4.78 is 0. The third-order valence-corrected chi connectivity index (χ3v) is 5.07. The van der Waals surface area contributed by atoms with Gasteiger partial charge < -0.3 is 9.80 Å². The third kappa shape index (κ3) is 4.61. The van der Waals surface area contributed by atoms with Crippen molar-refractivity contribution in [2.75, 3.05) is 31.1 Å². The number of carbonyl (C=O) groups is 1. The van der Waals surface area contributed by atoms with E-state index in [1.54, 1.807) is 36.1 Å². The largest absolute Gasteiger partial charge is 0.353 e. The Balaban J connectivity index is 1.61. The van der Waals surface area contributed by atoms with Gasteiger partial charge in [0.25, 0.3) is 5.69 Å². The topological polar surface area (TPSA) is 79.6 Å². The van der Waals surface area contributed by atoms with Crippen molar-refractivity contribution in [3.05, 3.63) is 67.8 Å². The summed E-state index contributed by atoms with van der Waals surface area (Å²) in [5, 5.41) is 11.9. The molecule has 0 aliphatic carbocycles. The second-order valence-electron chi connectivity index (χ2n) is 6.40. The molecule has 28 heavy (non-hydrogen) atoms. The lowest BCUT2D eigenvalue weighted by atomic mass is 10.2. The number of nitro groups is 1. The van der Waals surface area contributed by atoms with Crippen LogP contribution in [0, 0.1) is 17.0 Å². The molecule has 0 spiro atoms.